The molecule has 5 nitrogen and oxygen atoms in total. The average molecular weight is 343 g/mol. The number of hydrogen-bond donors (Lipinski definition) is 1. The summed E-state index contributed by atoms with van der Waals surface area (Å²) in [6.45, 7) is 4.08. The Morgan fingerprint density at radius 1 is 1.29 bits per heavy atom. The van der Waals surface area contributed by atoms with Crippen LogP contribution < -0.4 is 10.9 Å². The SMILES string of the molecule is CCc1ccc(NC(=O)CC2CSc3nc(CC)cc(=O)n32)cc1. The zero-order valence-corrected chi connectivity index (χ0v) is 14.7. The van der Waals surface area contributed by atoms with Crippen LogP contribution in [-0.2, 0) is 17.6 Å². The van der Waals surface area contributed by atoms with Crippen molar-refractivity contribution in [2.24, 2.45) is 0 Å². The van der Waals surface area contributed by atoms with E-state index in [2.05, 4.69) is 17.2 Å². The van der Waals surface area contributed by atoms with Gasteiger partial charge in [0.1, 0.15) is 0 Å². The highest BCUT2D eigenvalue weighted by molar-refractivity contribution is 7.99. The molecule has 1 unspecified atom stereocenters. The molecule has 3 rings (SSSR count). The van der Waals surface area contributed by atoms with Gasteiger partial charge in [0.2, 0.25) is 5.91 Å². The van der Waals surface area contributed by atoms with E-state index in [-0.39, 0.29) is 23.9 Å². The van der Waals surface area contributed by atoms with Crippen molar-refractivity contribution in [3.63, 3.8) is 0 Å². The molecule has 0 radical (unpaired) electrons. The lowest BCUT2D eigenvalue weighted by molar-refractivity contribution is -0.116. The van der Waals surface area contributed by atoms with Crippen LogP contribution in [-0.4, -0.2) is 21.2 Å². The Morgan fingerprint density at radius 2 is 2.04 bits per heavy atom. The second-order valence-corrected chi connectivity index (χ2v) is 6.85. The summed E-state index contributed by atoms with van der Waals surface area (Å²) in [4.78, 5) is 29.1. The summed E-state index contributed by atoms with van der Waals surface area (Å²) in [6, 6.07) is 9.29. The summed E-state index contributed by atoms with van der Waals surface area (Å²) in [5.74, 6) is 0.626. The number of benzene rings is 1. The number of carbonyl (C=O) groups excluding carboxylic acids is 1. The molecule has 0 bridgehead atoms. The van der Waals surface area contributed by atoms with Gasteiger partial charge in [-0.05, 0) is 30.5 Å². The highest BCUT2D eigenvalue weighted by Gasteiger charge is 2.27. The monoisotopic (exact) mass is 343 g/mol. The number of thioether (sulfide) groups is 1. The van der Waals surface area contributed by atoms with Gasteiger partial charge in [0.05, 0.1) is 6.04 Å². The first-order chi connectivity index (χ1) is 11.6. The first-order valence-corrected chi connectivity index (χ1v) is 9.23. The van der Waals surface area contributed by atoms with E-state index in [4.69, 9.17) is 0 Å². The van der Waals surface area contributed by atoms with Crippen molar-refractivity contribution >= 4 is 23.4 Å². The maximum atomic E-state index is 12.3. The molecule has 6 heteroatoms. The van der Waals surface area contributed by atoms with Crippen molar-refractivity contribution in [3.05, 3.63) is 51.9 Å². The van der Waals surface area contributed by atoms with Gasteiger partial charge in [-0.2, -0.15) is 0 Å². The van der Waals surface area contributed by atoms with Crippen LogP contribution in [0.15, 0.2) is 40.3 Å². The fourth-order valence-electron chi connectivity index (χ4n) is 2.78. The number of rotatable bonds is 5. The summed E-state index contributed by atoms with van der Waals surface area (Å²) in [5, 5.41) is 3.64. The maximum Gasteiger partial charge on any atom is 0.254 e. The predicted molar refractivity (Wildman–Crippen MR) is 96.7 cm³/mol. The fourth-order valence-corrected chi connectivity index (χ4v) is 3.95. The van der Waals surface area contributed by atoms with Crippen LogP contribution in [0.1, 0.15) is 37.6 Å². The summed E-state index contributed by atoms with van der Waals surface area (Å²) in [7, 11) is 0. The zero-order valence-electron chi connectivity index (χ0n) is 13.9. The van der Waals surface area contributed by atoms with Gasteiger partial charge in [0.15, 0.2) is 5.16 Å². The number of nitrogens with zero attached hydrogens (tertiary/aromatic N) is 2. The van der Waals surface area contributed by atoms with E-state index in [0.29, 0.717) is 5.75 Å². The van der Waals surface area contributed by atoms with Crippen molar-refractivity contribution in [2.75, 3.05) is 11.1 Å². The lowest BCUT2D eigenvalue weighted by atomic mass is 10.1. The number of hydrogen-bond acceptors (Lipinski definition) is 4. The maximum absolute atomic E-state index is 12.3. The lowest BCUT2D eigenvalue weighted by Gasteiger charge is -2.13. The van der Waals surface area contributed by atoms with E-state index >= 15 is 0 Å². The highest BCUT2D eigenvalue weighted by atomic mass is 32.2. The lowest BCUT2D eigenvalue weighted by Crippen LogP contribution is -2.27. The number of aryl methyl sites for hydroxylation is 2. The van der Waals surface area contributed by atoms with E-state index in [1.54, 1.807) is 22.4 Å². The van der Waals surface area contributed by atoms with Crippen molar-refractivity contribution in [2.45, 2.75) is 44.3 Å². The normalized spacial score (nSPS) is 16.0. The molecule has 126 valence electrons. The van der Waals surface area contributed by atoms with E-state index in [1.165, 1.54) is 5.56 Å². The van der Waals surface area contributed by atoms with Gasteiger partial charge in [0.25, 0.3) is 5.56 Å². The average Bonchev–Trinajstić information content (AvgIpc) is 2.98. The van der Waals surface area contributed by atoms with Gasteiger partial charge in [-0.15, -0.1) is 0 Å². The Hall–Kier alpha value is -2.08. The number of nitrogens with one attached hydrogen (secondary N) is 1. The van der Waals surface area contributed by atoms with Gasteiger partial charge in [-0.3, -0.25) is 14.2 Å². The second-order valence-electron chi connectivity index (χ2n) is 5.86. The Balaban J connectivity index is 1.69. The minimum atomic E-state index is -0.133. The summed E-state index contributed by atoms with van der Waals surface area (Å²) in [6.07, 6.45) is 1.99. The number of fused-ring (bicyclic) bond motifs is 1. The van der Waals surface area contributed by atoms with Gasteiger partial charge in [0, 0.05) is 29.6 Å². The molecule has 0 saturated carbocycles. The molecule has 0 fully saturated rings. The van der Waals surface area contributed by atoms with Crippen LogP contribution in [0.2, 0.25) is 0 Å². The molecule has 0 saturated heterocycles. The molecule has 1 aromatic heterocycles. The van der Waals surface area contributed by atoms with Crippen molar-refractivity contribution in [1.29, 1.82) is 0 Å². The summed E-state index contributed by atoms with van der Waals surface area (Å²) < 4.78 is 1.66. The van der Waals surface area contributed by atoms with Crippen molar-refractivity contribution < 1.29 is 4.79 Å². The molecule has 1 atom stereocenters. The third-order valence-electron chi connectivity index (χ3n) is 4.17. The largest absolute Gasteiger partial charge is 0.326 e. The Bertz CT molecular complexity index is 799. The molecule has 1 aromatic carbocycles. The molecule has 1 N–H and O–H groups in total. The summed E-state index contributed by atoms with van der Waals surface area (Å²) in [5.41, 5.74) is 2.76. The van der Waals surface area contributed by atoms with Crippen LogP contribution in [0.25, 0.3) is 0 Å². The van der Waals surface area contributed by atoms with Crippen LogP contribution in [0.4, 0.5) is 5.69 Å². The van der Waals surface area contributed by atoms with Crippen LogP contribution >= 0.6 is 11.8 Å². The molecular formula is C18H21N3O2S. The quantitative estimate of drug-likeness (QED) is 0.848. The third kappa shape index (κ3) is 3.53. The molecule has 24 heavy (non-hydrogen) atoms. The van der Waals surface area contributed by atoms with Gasteiger partial charge in [-0.25, -0.2) is 4.98 Å². The van der Waals surface area contributed by atoms with Crippen LogP contribution in [0.3, 0.4) is 0 Å². The van der Waals surface area contributed by atoms with Crippen LogP contribution in [0.5, 0.6) is 0 Å². The zero-order chi connectivity index (χ0) is 17.1. The van der Waals surface area contributed by atoms with Gasteiger partial charge < -0.3 is 5.32 Å². The molecule has 0 aliphatic carbocycles. The van der Waals surface area contributed by atoms with Gasteiger partial charge in [-0.1, -0.05) is 37.7 Å². The number of amides is 1. The number of carbonyl (C=O) groups is 1. The van der Waals surface area contributed by atoms with E-state index in [0.717, 1.165) is 29.4 Å². The Kier molecular flexibility index (Phi) is 5.04. The molecule has 2 aromatic rings. The van der Waals surface area contributed by atoms with Crippen LogP contribution in [0, 0.1) is 0 Å². The first kappa shape index (κ1) is 16.8. The topological polar surface area (TPSA) is 64.0 Å². The van der Waals surface area contributed by atoms with Crippen molar-refractivity contribution in [3.8, 4) is 0 Å². The molecular weight excluding hydrogens is 322 g/mol. The molecule has 1 aliphatic heterocycles. The van der Waals surface area contributed by atoms with E-state index in [9.17, 15) is 9.59 Å². The fraction of sp³-hybridized carbons (Fsp3) is 0.389. The standard InChI is InChI=1S/C18H21N3O2S/c1-3-12-5-7-14(8-6-12)19-16(22)10-15-11-24-18-20-13(4-2)9-17(23)21(15)18/h5-9,15H,3-4,10-11H2,1-2H3,(H,19,22). The summed E-state index contributed by atoms with van der Waals surface area (Å²) >= 11 is 1.54. The predicted octanol–water partition coefficient (Wildman–Crippen LogP) is 3.04. The first-order valence-electron chi connectivity index (χ1n) is 8.24. The smallest absolute Gasteiger partial charge is 0.254 e. The number of aromatic nitrogens is 2. The van der Waals surface area contributed by atoms with E-state index < -0.39 is 0 Å². The van der Waals surface area contributed by atoms with E-state index in [1.807, 2.05) is 31.2 Å². The molecule has 1 aliphatic rings. The highest BCUT2D eigenvalue weighted by Crippen LogP contribution is 2.32. The molecule has 0 spiro atoms. The minimum absolute atomic E-state index is 0.0630. The molecule has 1 amide bonds. The van der Waals surface area contributed by atoms with Gasteiger partial charge >= 0.3 is 0 Å². The Morgan fingerprint density at radius 3 is 2.71 bits per heavy atom. The molecule has 2 heterocycles. The minimum Gasteiger partial charge on any atom is -0.326 e. The number of anilines is 1. The second kappa shape index (κ2) is 7.21. The Labute approximate surface area is 145 Å². The van der Waals surface area contributed by atoms with Crippen molar-refractivity contribution in [1.82, 2.24) is 9.55 Å². The third-order valence-corrected chi connectivity index (χ3v) is 5.27.